The van der Waals surface area contributed by atoms with E-state index >= 15 is 0 Å². The molecule has 1 saturated heterocycles. The topological polar surface area (TPSA) is 105 Å². The Morgan fingerprint density at radius 3 is 2.45 bits per heavy atom. The van der Waals surface area contributed by atoms with Crippen molar-refractivity contribution in [3.05, 3.63) is 93.3 Å². The van der Waals surface area contributed by atoms with Crippen molar-refractivity contribution in [3.63, 3.8) is 0 Å². The lowest BCUT2D eigenvalue weighted by Gasteiger charge is -2.34. The number of carboxylic acids is 1. The van der Waals surface area contributed by atoms with Crippen LogP contribution < -0.4 is 10.9 Å². The number of likely N-dealkylation sites (tertiary alicyclic amines) is 1. The molecule has 2 N–H and O–H groups in total. The Kier molecular flexibility index (Phi) is 6.44. The van der Waals surface area contributed by atoms with Crippen LogP contribution in [-0.4, -0.2) is 50.7 Å². The molecule has 0 saturated carbocycles. The summed E-state index contributed by atoms with van der Waals surface area (Å²) < 4.78 is 14.6. The molecule has 0 bridgehead atoms. The summed E-state index contributed by atoms with van der Waals surface area (Å²) in [6, 6.07) is 16.8. The van der Waals surface area contributed by atoms with Crippen LogP contribution in [0.15, 0.2) is 65.5 Å². The van der Waals surface area contributed by atoms with E-state index in [2.05, 4.69) is 5.32 Å². The van der Waals surface area contributed by atoms with Crippen LogP contribution in [0.4, 0.5) is 10.1 Å². The number of aromatic nitrogens is 2. The number of carbonyl (C=O) groups excluding carboxylic acids is 1. The molecular weight excluding hydrogens is 487 g/mol. The lowest BCUT2D eigenvalue weighted by molar-refractivity contribution is 0.0400. The number of carbonyl (C=O) groups is 2. The fourth-order valence-electron chi connectivity index (χ4n) is 4.78. The molecule has 9 heteroatoms. The predicted molar refractivity (Wildman–Crippen MR) is 143 cm³/mol. The summed E-state index contributed by atoms with van der Waals surface area (Å²) >= 11 is 0. The van der Waals surface area contributed by atoms with Crippen LogP contribution >= 0.6 is 0 Å². The van der Waals surface area contributed by atoms with Crippen LogP contribution in [0.5, 0.6) is 0 Å². The second-order valence-corrected chi connectivity index (χ2v) is 9.65. The number of carboxylic acid groups (broad SMARTS) is 1. The number of rotatable bonds is 6. The molecule has 2 heterocycles. The Labute approximate surface area is 218 Å². The molecule has 4 aromatic rings. The average Bonchev–Trinajstić information content (AvgIpc) is 2.88. The minimum atomic E-state index is -1.04. The van der Waals surface area contributed by atoms with Crippen molar-refractivity contribution < 1.29 is 19.1 Å². The van der Waals surface area contributed by atoms with Crippen LogP contribution in [0, 0.1) is 6.92 Å². The maximum absolute atomic E-state index is 13.4. The first-order valence-electron chi connectivity index (χ1n) is 12.3. The van der Waals surface area contributed by atoms with Crippen molar-refractivity contribution in [1.29, 1.82) is 0 Å². The highest BCUT2D eigenvalue weighted by atomic mass is 19.1. The summed E-state index contributed by atoms with van der Waals surface area (Å²) in [5, 5.41) is 13.3. The largest absolute Gasteiger partial charge is 0.478 e. The normalized spacial score (nSPS) is 14.3. The molecule has 0 unspecified atom stereocenters. The van der Waals surface area contributed by atoms with E-state index in [4.69, 9.17) is 4.98 Å². The molecule has 1 aromatic heterocycles. The molecule has 0 radical (unpaired) electrons. The van der Waals surface area contributed by atoms with Gasteiger partial charge in [0.15, 0.2) is 0 Å². The van der Waals surface area contributed by atoms with Gasteiger partial charge in [0, 0.05) is 29.4 Å². The van der Waals surface area contributed by atoms with Crippen molar-refractivity contribution in [1.82, 2.24) is 14.5 Å². The summed E-state index contributed by atoms with van der Waals surface area (Å²) in [6.45, 7) is 4.00. The Balaban J connectivity index is 1.55. The number of hydrogen-bond donors (Lipinski definition) is 2. The third-order valence-corrected chi connectivity index (χ3v) is 6.86. The summed E-state index contributed by atoms with van der Waals surface area (Å²) in [4.78, 5) is 44.0. The lowest BCUT2D eigenvalue weighted by atomic mass is 10.00. The maximum Gasteiger partial charge on any atom is 0.337 e. The number of aromatic carboxylic acids is 1. The summed E-state index contributed by atoms with van der Waals surface area (Å²) in [5.74, 6) is -0.841. The standard InChI is InChI=1S/C29H27FN4O4/c1-16-12-22(17(2)31-24-7-5-4-6-21(24)29(37)38)25-23(13-16)28(36)33(3)26(32-25)18-8-10-19(11-9-18)27(35)34-14-20(30)15-34/h4-13,17,20,31H,14-15H2,1-3H3,(H,37,38)/t17-/m1/s1. The van der Waals surface area contributed by atoms with Gasteiger partial charge in [0.05, 0.1) is 35.6 Å². The molecule has 0 spiro atoms. The third-order valence-electron chi connectivity index (χ3n) is 6.86. The monoisotopic (exact) mass is 514 g/mol. The van der Waals surface area contributed by atoms with Crippen molar-refractivity contribution in [2.75, 3.05) is 18.4 Å². The molecule has 1 aliphatic rings. The second-order valence-electron chi connectivity index (χ2n) is 9.65. The molecule has 8 nitrogen and oxygen atoms in total. The average molecular weight is 515 g/mol. The number of anilines is 1. The Morgan fingerprint density at radius 2 is 1.79 bits per heavy atom. The molecule has 1 amide bonds. The predicted octanol–water partition coefficient (Wildman–Crippen LogP) is 4.57. The lowest BCUT2D eigenvalue weighted by Crippen LogP contribution is -2.51. The number of fused-ring (bicyclic) bond motifs is 1. The molecule has 0 aliphatic carbocycles. The van der Waals surface area contributed by atoms with Gasteiger partial charge in [-0.3, -0.25) is 14.2 Å². The fraction of sp³-hybridized carbons (Fsp3) is 0.241. The highest BCUT2D eigenvalue weighted by molar-refractivity contribution is 5.95. The molecule has 1 aliphatic heterocycles. The van der Waals surface area contributed by atoms with E-state index in [9.17, 15) is 23.9 Å². The van der Waals surface area contributed by atoms with E-state index < -0.39 is 12.1 Å². The number of alkyl halides is 1. The number of benzene rings is 3. The van der Waals surface area contributed by atoms with Gasteiger partial charge >= 0.3 is 5.97 Å². The third kappa shape index (κ3) is 4.51. The van der Waals surface area contributed by atoms with Gasteiger partial charge in [-0.15, -0.1) is 0 Å². The number of aryl methyl sites for hydroxylation is 1. The molecule has 38 heavy (non-hydrogen) atoms. The van der Waals surface area contributed by atoms with Gasteiger partial charge in [-0.05, 0) is 49.7 Å². The first kappa shape index (κ1) is 25.1. The minimum Gasteiger partial charge on any atom is -0.478 e. The van der Waals surface area contributed by atoms with Crippen molar-refractivity contribution in [2.45, 2.75) is 26.1 Å². The van der Waals surface area contributed by atoms with Crippen molar-refractivity contribution in [2.24, 2.45) is 7.05 Å². The number of para-hydroxylation sites is 1. The van der Waals surface area contributed by atoms with E-state index in [1.54, 1.807) is 55.6 Å². The highest BCUT2D eigenvalue weighted by Gasteiger charge is 2.31. The van der Waals surface area contributed by atoms with Gasteiger partial charge in [0.25, 0.3) is 11.5 Å². The minimum absolute atomic E-state index is 0.104. The Morgan fingerprint density at radius 1 is 1.11 bits per heavy atom. The molecule has 1 atom stereocenters. The van der Waals surface area contributed by atoms with Crippen LogP contribution in [0.25, 0.3) is 22.3 Å². The zero-order valence-corrected chi connectivity index (χ0v) is 21.2. The van der Waals surface area contributed by atoms with Gasteiger partial charge in [-0.25, -0.2) is 14.2 Å². The first-order chi connectivity index (χ1) is 18.1. The Hall–Kier alpha value is -4.53. The number of halogens is 1. The van der Waals surface area contributed by atoms with Crippen molar-refractivity contribution >= 4 is 28.5 Å². The number of hydrogen-bond acceptors (Lipinski definition) is 5. The summed E-state index contributed by atoms with van der Waals surface area (Å²) in [7, 11) is 1.65. The highest BCUT2D eigenvalue weighted by Crippen LogP contribution is 2.29. The maximum atomic E-state index is 13.4. The van der Waals surface area contributed by atoms with Gasteiger partial charge in [-0.2, -0.15) is 0 Å². The van der Waals surface area contributed by atoms with Crippen LogP contribution in [0.3, 0.4) is 0 Å². The Bertz CT molecular complexity index is 1620. The van der Waals surface area contributed by atoms with Gasteiger partial charge in [0.1, 0.15) is 12.0 Å². The van der Waals surface area contributed by atoms with Crippen molar-refractivity contribution in [3.8, 4) is 11.4 Å². The zero-order chi connectivity index (χ0) is 27.1. The van der Waals surface area contributed by atoms with E-state index in [0.29, 0.717) is 33.5 Å². The van der Waals surface area contributed by atoms with E-state index in [1.807, 2.05) is 19.9 Å². The summed E-state index contributed by atoms with van der Waals surface area (Å²) in [6.07, 6.45) is -0.970. The SMILES string of the molecule is Cc1cc([C@@H](C)Nc2ccccc2C(=O)O)c2nc(-c3ccc(C(=O)N4CC(F)C4)cc3)n(C)c(=O)c2c1. The quantitative estimate of drug-likeness (QED) is 0.391. The molecule has 1 fully saturated rings. The number of nitrogens with one attached hydrogen (secondary N) is 1. The molecular formula is C29H27FN4O4. The van der Waals surface area contributed by atoms with Crippen LogP contribution in [0.2, 0.25) is 0 Å². The number of amides is 1. The number of nitrogens with zero attached hydrogens (tertiary/aromatic N) is 3. The zero-order valence-electron chi connectivity index (χ0n) is 21.2. The van der Waals surface area contributed by atoms with Gasteiger partial charge < -0.3 is 15.3 Å². The van der Waals surface area contributed by atoms with Gasteiger partial charge in [-0.1, -0.05) is 30.3 Å². The van der Waals surface area contributed by atoms with Crippen LogP contribution in [0.1, 0.15) is 44.8 Å². The van der Waals surface area contributed by atoms with Crippen LogP contribution in [-0.2, 0) is 7.05 Å². The smallest absolute Gasteiger partial charge is 0.337 e. The summed E-state index contributed by atoms with van der Waals surface area (Å²) in [5.41, 5.74) is 3.63. The van der Waals surface area contributed by atoms with E-state index in [-0.39, 0.29) is 36.2 Å². The second kappa shape index (κ2) is 9.74. The van der Waals surface area contributed by atoms with E-state index in [1.165, 1.54) is 15.5 Å². The molecule has 3 aromatic carbocycles. The molecule has 5 rings (SSSR count). The molecule has 194 valence electrons. The fourth-order valence-corrected chi connectivity index (χ4v) is 4.78. The first-order valence-corrected chi connectivity index (χ1v) is 12.3. The van der Waals surface area contributed by atoms with E-state index in [0.717, 1.165) is 11.1 Å². The van der Waals surface area contributed by atoms with Gasteiger partial charge in [0.2, 0.25) is 0 Å².